The maximum absolute atomic E-state index is 13.1. The van der Waals surface area contributed by atoms with E-state index in [0.717, 1.165) is 12.8 Å². The molecule has 1 amide bonds. The fourth-order valence-electron chi connectivity index (χ4n) is 3.66. The van der Waals surface area contributed by atoms with E-state index in [0.29, 0.717) is 30.1 Å². The summed E-state index contributed by atoms with van der Waals surface area (Å²) < 4.78 is 11.1. The third-order valence-electron chi connectivity index (χ3n) is 5.14. The molecule has 0 bridgehead atoms. The summed E-state index contributed by atoms with van der Waals surface area (Å²) in [5.74, 6) is -0.203. The first-order valence-corrected chi connectivity index (χ1v) is 8.31. The van der Waals surface area contributed by atoms with Crippen molar-refractivity contribution in [1.82, 2.24) is 4.90 Å². The Morgan fingerprint density at radius 3 is 2.67 bits per heavy atom. The molecule has 3 rings (SSSR count). The molecule has 0 aromatic heterocycles. The highest BCUT2D eigenvalue weighted by atomic mass is 16.5. The number of aliphatic carboxylic acids is 1. The van der Waals surface area contributed by atoms with E-state index in [1.807, 2.05) is 0 Å². The average molecular weight is 333 g/mol. The van der Waals surface area contributed by atoms with Gasteiger partial charge in [-0.3, -0.25) is 9.69 Å². The van der Waals surface area contributed by atoms with E-state index in [1.54, 1.807) is 24.3 Å². The number of amides is 1. The van der Waals surface area contributed by atoms with Crippen molar-refractivity contribution in [2.24, 2.45) is 5.92 Å². The Morgan fingerprint density at radius 1 is 1.33 bits per heavy atom. The zero-order chi connectivity index (χ0) is 17.3. The summed E-state index contributed by atoms with van der Waals surface area (Å²) in [6.07, 6.45) is 3.20. The van der Waals surface area contributed by atoms with Crippen LogP contribution in [0.4, 0.5) is 0 Å². The molecular weight excluding hydrogens is 310 g/mol. The molecule has 6 heteroatoms. The molecule has 1 aliphatic carbocycles. The Kier molecular flexibility index (Phi) is 4.49. The predicted molar refractivity (Wildman–Crippen MR) is 86.9 cm³/mol. The highest BCUT2D eigenvalue weighted by Gasteiger charge is 2.53. The summed E-state index contributed by atoms with van der Waals surface area (Å²) in [5, 5.41) is 9.55. The number of benzene rings is 1. The van der Waals surface area contributed by atoms with Crippen molar-refractivity contribution < 1.29 is 24.2 Å². The van der Waals surface area contributed by atoms with Crippen LogP contribution in [0.3, 0.4) is 0 Å². The van der Waals surface area contributed by atoms with Crippen molar-refractivity contribution in [2.75, 3.05) is 13.7 Å². The SMILES string of the molecule is COc1cccc(C(=O)N2C(C(=O)O)COC23CCC(C)CC3)c1. The summed E-state index contributed by atoms with van der Waals surface area (Å²) in [7, 11) is 1.53. The second-order valence-electron chi connectivity index (χ2n) is 6.70. The van der Waals surface area contributed by atoms with Crippen LogP contribution >= 0.6 is 0 Å². The molecule has 1 heterocycles. The van der Waals surface area contributed by atoms with E-state index in [-0.39, 0.29) is 12.5 Å². The Hall–Kier alpha value is -2.08. The van der Waals surface area contributed by atoms with Gasteiger partial charge in [0.25, 0.3) is 5.91 Å². The monoisotopic (exact) mass is 333 g/mol. The van der Waals surface area contributed by atoms with Crippen molar-refractivity contribution in [3.05, 3.63) is 29.8 Å². The number of carboxylic acid groups (broad SMARTS) is 1. The summed E-state index contributed by atoms with van der Waals surface area (Å²) >= 11 is 0. The molecule has 0 radical (unpaired) electrons. The molecule has 1 spiro atoms. The Labute approximate surface area is 141 Å². The Balaban J connectivity index is 1.95. The number of nitrogens with zero attached hydrogens (tertiary/aromatic N) is 1. The Morgan fingerprint density at radius 2 is 2.04 bits per heavy atom. The number of ether oxygens (including phenoxy) is 2. The molecule has 1 atom stereocenters. The first-order chi connectivity index (χ1) is 11.5. The number of carboxylic acids is 1. The minimum absolute atomic E-state index is 0.0411. The fraction of sp³-hybridized carbons (Fsp3) is 0.556. The van der Waals surface area contributed by atoms with Crippen molar-refractivity contribution >= 4 is 11.9 Å². The van der Waals surface area contributed by atoms with E-state index >= 15 is 0 Å². The van der Waals surface area contributed by atoms with Crippen LogP contribution in [0.2, 0.25) is 0 Å². The van der Waals surface area contributed by atoms with Crippen molar-refractivity contribution in [3.8, 4) is 5.75 Å². The summed E-state index contributed by atoms with van der Waals surface area (Å²) in [6, 6.07) is 5.86. The van der Waals surface area contributed by atoms with Gasteiger partial charge in [-0.05, 0) is 49.8 Å². The highest BCUT2D eigenvalue weighted by Crippen LogP contribution is 2.43. The van der Waals surface area contributed by atoms with Crippen LogP contribution < -0.4 is 4.74 Å². The van der Waals surface area contributed by atoms with Crippen LogP contribution in [0.1, 0.15) is 43.0 Å². The second kappa shape index (κ2) is 6.43. The molecule has 1 aromatic rings. The van der Waals surface area contributed by atoms with Gasteiger partial charge in [0.1, 0.15) is 11.5 Å². The second-order valence-corrected chi connectivity index (χ2v) is 6.70. The Bertz CT molecular complexity index is 636. The normalized spacial score (nSPS) is 29.7. The van der Waals surface area contributed by atoms with Crippen LogP contribution in [0.25, 0.3) is 0 Å². The zero-order valence-corrected chi connectivity index (χ0v) is 14.0. The van der Waals surface area contributed by atoms with Gasteiger partial charge in [0, 0.05) is 5.56 Å². The maximum Gasteiger partial charge on any atom is 0.328 e. The molecule has 1 aliphatic heterocycles. The molecule has 2 fully saturated rings. The molecule has 1 unspecified atom stereocenters. The number of carbonyl (C=O) groups is 2. The minimum Gasteiger partial charge on any atom is -0.497 e. The summed E-state index contributed by atoms with van der Waals surface area (Å²) in [4.78, 5) is 26.2. The predicted octanol–water partition coefficient (Wildman–Crippen LogP) is 2.53. The van der Waals surface area contributed by atoms with E-state index in [4.69, 9.17) is 9.47 Å². The molecule has 24 heavy (non-hydrogen) atoms. The van der Waals surface area contributed by atoms with Gasteiger partial charge in [-0.25, -0.2) is 4.79 Å². The van der Waals surface area contributed by atoms with Gasteiger partial charge in [0.15, 0.2) is 6.04 Å². The highest BCUT2D eigenvalue weighted by molar-refractivity contribution is 5.97. The molecule has 6 nitrogen and oxygen atoms in total. The quantitative estimate of drug-likeness (QED) is 0.920. The zero-order valence-electron chi connectivity index (χ0n) is 14.0. The molecule has 1 saturated heterocycles. The molecule has 130 valence electrons. The van der Waals surface area contributed by atoms with Crippen LogP contribution in [0, 0.1) is 5.92 Å². The average Bonchev–Trinajstić information content (AvgIpc) is 2.96. The van der Waals surface area contributed by atoms with Crippen LogP contribution in [-0.4, -0.2) is 47.4 Å². The first-order valence-electron chi connectivity index (χ1n) is 8.31. The third-order valence-corrected chi connectivity index (χ3v) is 5.14. The van der Waals surface area contributed by atoms with Gasteiger partial charge in [-0.2, -0.15) is 0 Å². The largest absolute Gasteiger partial charge is 0.497 e. The molecule has 1 N–H and O–H groups in total. The summed E-state index contributed by atoms with van der Waals surface area (Å²) in [6.45, 7) is 2.21. The van der Waals surface area contributed by atoms with E-state index < -0.39 is 17.7 Å². The van der Waals surface area contributed by atoms with Gasteiger partial charge in [0.05, 0.1) is 13.7 Å². The summed E-state index contributed by atoms with van der Waals surface area (Å²) in [5.41, 5.74) is -0.375. The maximum atomic E-state index is 13.1. The van der Waals surface area contributed by atoms with Crippen LogP contribution in [0.5, 0.6) is 5.75 Å². The lowest BCUT2D eigenvalue weighted by molar-refractivity contribution is -0.143. The molecule has 1 aromatic carbocycles. The molecule has 1 saturated carbocycles. The number of rotatable bonds is 3. The lowest BCUT2D eigenvalue weighted by Crippen LogP contribution is -2.55. The number of methoxy groups -OCH3 is 1. The standard InChI is InChI=1S/C18H23NO5/c1-12-6-8-18(9-7-12)19(15(11-24-18)17(21)22)16(20)13-4-3-5-14(10-13)23-2/h3-5,10,12,15H,6-9,11H2,1-2H3,(H,21,22). The van der Waals surface area contributed by atoms with E-state index in [2.05, 4.69) is 6.92 Å². The van der Waals surface area contributed by atoms with E-state index in [1.165, 1.54) is 12.0 Å². The molecule has 2 aliphatic rings. The number of carbonyl (C=O) groups excluding carboxylic acids is 1. The number of hydrogen-bond donors (Lipinski definition) is 1. The first kappa shape index (κ1) is 16.8. The lowest BCUT2D eigenvalue weighted by atomic mass is 9.83. The van der Waals surface area contributed by atoms with E-state index in [9.17, 15) is 14.7 Å². The minimum atomic E-state index is -1.03. The number of hydrogen-bond acceptors (Lipinski definition) is 4. The molecular formula is C18H23NO5. The van der Waals surface area contributed by atoms with Gasteiger partial charge in [-0.15, -0.1) is 0 Å². The lowest BCUT2D eigenvalue weighted by Gasteiger charge is -2.42. The van der Waals surface area contributed by atoms with Gasteiger partial charge in [-0.1, -0.05) is 13.0 Å². The van der Waals surface area contributed by atoms with Crippen molar-refractivity contribution in [2.45, 2.75) is 44.4 Å². The van der Waals surface area contributed by atoms with Crippen molar-refractivity contribution in [1.29, 1.82) is 0 Å². The van der Waals surface area contributed by atoms with Gasteiger partial charge >= 0.3 is 5.97 Å². The van der Waals surface area contributed by atoms with Gasteiger partial charge in [0.2, 0.25) is 0 Å². The van der Waals surface area contributed by atoms with Crippen LogP contribution in [-0.2, 0) is 9.53 Å². The van der Waals surface area contributed by atoms with Crippen LogP contribution in [0.15, 0.2) is 24.3 Å². The third kappa shape index (κ3) is 2.86. The smallest absolute Gasteiger partial charge is 0.328 e. The van der Waals surface area contributed by atoms with Crippen molar-refractivity contribution in [3.63, 3.8) is 0 Å². The van der Waals surface area contributed by atoms with Gasteiger partial charge < -0.3 is 14.6 Å². The topological polar surface area (TPSA) is 76.1 Å². The fourth-order valence-corrected chi connectivity index (χ4v) is 3.66.